The number of rotatable bonds is 4. The van der Waals surface area contributed by atoms with Crippen LogP contribution in [0.4, 0.5) is 0 Å². The summed E-state index contributed by atoms with van der Waals surface area (Å²) in [5.74, 6) is 1.62. The van der Waals surface area contributed by atoms with Crippen LogP contribution in [0.1, 0.15) is 41.5 Å². The molecule has 0 N–H and O–H groups in total. The second kappa shape index (κ2) is 5.08. The Labute approximate surface area is 76.1 Å². The van der Waals surface area contributed by atoms with E-state index in [1.165, 1.54) is 0 Å². The lowest BCUT2D eigenvalue weighted by molar-refractivity contribution is 0.486. The van der Waals surface area contributed by atoms with Crippen molar-refractivity contribution in [3.63, 3.8) is 0 Å². The third-order valence-electron chi connectivity index (χ3n) is 1.74. The van der Waals surface area contributed by atoms with E-state index in [4.69, 9.17) is 0 Å². The summed E-state index contributed by atoms with van der Waals surface area (Å²) in [4.78, 5) is 0. The molecule has 11 heavy (non-hydrogen) atoms. The standard InChI is InChI=1S/C10H22S/c1-7(2)10(8(3)4)11-9(5)6/h7-10H,1-6H3. The molecule has 0 aliphatic heterocycles. The van der Waals surface area contributed by atoms with E-state index < -0.39 is 0 Å². The summed E-state index contributed by atoms with van der Waals surface area (Å²) < 4.78 is 0. The van der Waals surface area contributed by atoms with E-state index in [-0.39, 0.29) is 0 Å². The molecule has 0 atom stereocenters. The van der Waals surface area contributed by atoms with Crippen molar-refractivity contribution in [2.75, 3.05) is 0 Å². The van der Waals surface area contributed by atoms with Gasteiger partial charge in [0.2, 0.25) is 0 Å². The van der Waals surface area contributed by atoms with Gasteiger partial charge in [0.05, 0.1) is 0 Å². The van der Waals surface area contributed by atoms with Gasteiger partial charge in [0.1, 0.15) is 0 Å². The molecule has 0 saturated heterocycles. The van der Waals surface area contributed by atoms with Gasteiger partial charge in [0.15, 0.2) is 0 Å². The number of hydrogen-bond donors (Lipinski definition) is 0. The Hall–Kier alpha value is 0.350. The van der Waals surface area contributed by atoms with E-state index in [1.807, 2.05) is 0 Å². The third kappa shape index (κ3) is 4.73. The molecule has 0 heterocycles. The second-order valence-electron chi connectivity index (χ2n) is 4.14. The summed E-state index contributed by atoms with van der Waals surface area (Å²) in [6.45, 7) is 13.8. The van der Waals surface area contributed by atoms with Gasteiger partial charge in [0, 0.05) is 5.25 Å². The summed E-state index contributed by atoms with van der Waals surface area (Å²) in [6.07, 6.45) is 0. The summed E-state index contributed by atoms with van der Waals surface area (Å²) in [7, 11) is 0. The van der Waals surface area contributed by atoms with Gasteiger partial charge in [-0.15, -0.1) is 0 Å². The fourth-order valence-electron chi connectivity index (χ4n) is 1.40. The highest BCUT2D eigenvalue weighted by molar-refractivity contribution is 8.00. The van der Waals surface area contributed by atoms with Crippen molar-refractivity contribution in [1.82, 2.24) is 0 Å². The molecule has 68 valence electrons. The van der Waals surface area contributed by atoms with Crippen LogP contribution in [0.2, 0.25) is 0 Å². The topological polar surface area (TPSA) is 0 Å². The molecular weight excluding hydrogens is 152 g/mol. The lowest BCUT2D eigenvalue weighted by atomic mass is 10.0. The molecule has 0 saturated carbocycles. The largest absolute Gasteiger partial charge is 0.155 e. The monoisotopic (exact) mass is 174 g/mol. The molecular formula is C10H22S. The quantitative estimate of drug-likeness (QED) is 0.624. The molecule has 0 unspecified atom stereocenters. The zero-order chi connectivity index (χ0) is 9.02. The maximum Gasteiger partial charge on any atom is 0.00956 e. The van der Waals surface area contributed by atoms with Gasteiger partial charge >= 0.3 is 0 Å². The first-order valence-electron chi connectivity index (χ1n) is 4.60. The van der Waals surface area contributed by atoms with Crippen molar-refractivity contribution < 1.29 is 0 Å². The second-order valence-corrected chi connectivity index (χ2v) is 5.90. The van der Waals surface area contributed by atoms with Crippen LogP contribution < -0.4 is 0 Å². The van der Waals surface area contributed by atoms with Crippen molar-refractivity contribution in [2.24, 2.45) is 11.8 Å². The summed E-state index contributed by atoms with van der Waals surface area (Å²) >= 11 is 2.12. The Kier molecular flexibility index (Phi) is 5.24. The highest BCUT2D eigenvalue weighted by Gasteiger charge is 2.18. The lowest BCUT2D eigenvalue weighted by Crippen LogP contribution is -2.20. The molecule has 0 amide bonds. The first-order valence-corrected chi connectivity index (χ1v) is 5.54. The lowest BCUT2D eigenvalue weighted by Gasteiger charge is -2.25. The molecule has 1 heteroatoms. The minimum Gasteiger partial charge on any atom is -0.155 e. The van der Waals surface area contributed by atoms with Gasteiger partial charge in [0.25, 0.3) is 0 Å². The van der Waals surface area contributed by atoms with Crippen LogP contribution in [0.5, 0.6) is 0 Å². The zero-order valence-corrected chi connectivity index (χ0v) is 9.53. The molecule has 0 aromatic rings. The van der Waals surface area contributed by atoms with Crippen LogP contribution in [-0.2, 0) is 0 Å². The van der Waals surface area contributed by atoms with Crippen LogP contribution in [0, 0.1) is 11.8 Å². The summed E-state index contributed by atoms with van der Waals surface area (Å²) in [6, 6.07) is 0. The van der Waals surface area contributed by atoms with Crippen molar-refractivity contribution in [2.45, 2.75) is 52.0 Å². The first kappa shape index (κ1) is 11.4. The molecule has 0 aliphatic rings. The maximum atomic E-state index is 2.32. The molecule has 0 nitrogen and oxygen atoms in total. The van der Waals surface area contributed by atoms with E-state index in [0.717, 1.165) is 22.3 Å². The van der Waals surface area contributed by atoms with Gasteiger partial charge in [-0.1, -0.05) is 41.5 Å². The molecule has 0 aromatic heterocycles. The molecule has 0 radical (unpaired) electrons. The van der Waals surface area contributed by atoms with Crippen LogP contribution in [-0.4, -0.2) is 10.5 Å². The van der Waals surface area contributed by atoms with Crippen LogP contribution in [0.25, 0.3) is 0 Å². The summed E-state index contributed by atoms with van der Waals surface area (Å²) in [5.41, 5.74) is 0. The Balaban J connectivity index is 3.90. The van der Waals surface area contributed by atoms with E-state index in [2.05, 4.69) is 53.3 Å². The Morgan fingerprint density at radius 3 is 1.18 bits per heavy atom. The number of hydrogen-bond acceptors (Lipinski definition) is 1. The molecule has 0 bridgehead atoms. The average molecular weight is 174 g/mol. The van der Waals surface area contributed by atoms with E-state index in [0.29, 0.717) is 0 Å². The average Bonchev–Trinajstić information content (AvgIpc) is 1.81. The predicted molar refractivity (Wildman–Crippen MR) is 56.2 cm³/mol. The van der Waals surface area contributed by atoms with Gasteiger partial charge in [-0.3, -0.25) is 0 Å². The van der Waals surface area contributed by atoms with Crippen LogP contribution in [0.3, 0.4) is 0 Å². The SMILES string of the molecule is CC(C)SC(C(C)C)C(C)C. The van der Waals surface area contributed by atoms with E-state index >= 15 is 0 Å². The van der Waals surface area contributed by atoms with E-state index in [1.54, 1.807) is 0 Å². The van der Waals surface area contributed by atoms with Gasteiger partial charge in [-0.25, -0.2) is 0 Å². The fourth-order valence-corrected chi connectivity index (χ4v) is 2.66. The van der Waals surface area contributed by atoms with Crippen LogP contribution >= 0.6 is 11.8 Å². The van der Waals surface area contributed by atoms with Gasteiger partial charge in [-0.05, 0) is 17.1 Å². The molecule has 0 fully saturated rings. The summed E-state index contributed by atoms with van der Waals surface area (Å²) in [5, 5.41) is 1.60. The van der Waals surface area contributed by atoms with Crippen molar-refractivity contribution in [3.05, 3.63) is 0 Å². The Morgan fingerprint density at radius 1 is 0.727 bits per heavy atom. The number of thioether (sulfide) groups is 1. The maximum absolute atomic E-state index is 2.32. The highest BCUT2D eigenvalue weighted by atomic mass is 32.2. The Morgan fingerprint density at radius 2 is 1.09 bits per heavy atom. The third-order valence-corrected chi connectivity index (χ3v) is 3.69. The molecule has 0 spiro atoms. The van der Waals surface area contributed by atoms with Gasteiger partial charge in [-0.2, -0.15) is 11.8 Å². The normalized spacial score (nSPS) is 12.5. The smallest absolute Gasteiger partial charge is 0.00956 e. The Bertz CT molecular complexity index is 87.0. The minimum absolute atomic E-state index is 0.768. The van der Waals surface area contributed by atoms with Crippen molar-refractivity contribution in [1.29, 1.82) is 0 Å². The highest BCUT2D eigenvalue weighted by Crippen LogP contribution is 2.29. The predicted octanol–water partition coefficient (Wildman–Crippen LogP) is 3.81. The zero-order valence-electron chi connectivity index (χ0n) is 8.72. The van der Waals surface area contributed by atoms with Gasteiger partial charge < -0.3 is 0 Å². The minimum atomic E-state index is 0.768. The first-order chi connectivity index (χ1) is 4.95. The molecule has 0 rings (SSSR count). The molecule has 0 aliphatic carbocycles. The molecule has 0 aromatic carbocycles. The fraction of sp³-hybridized carbons (Fsp3) is 1.00. The van der Waals surface area contributed by atoms with E-state index in [9.17, 15) is 0 Å². The van der Waals surface area contributed by atoms with Crippen molar-refractivity contribution >= 4 is 11.8 Å². The van der Waals surface area contributed by atoms with Crippen molar-refractivity contribution in [3.8, 4) is 0 Å². The van der Waals surface area contributed by atoms with Crippen LogP contribution in [0.15, 0.2) is 0 Å².